The molecule has 0 aromatic heterocycles. The molecule has 0 aliphatic rings. The fraction of sp³-hybridized carbons (Fsp3) is 0.0952. The zero-order chi connectivity index (χ0) is 22.9. The second kappa shape index (κ2) is 8.29. The minimum atomic E-state index is -5.26. The lowest BCUT2D eigenvalue weighted by atomic mass is 10.0. The van der Waals surface area contributed by atoms with Crippen molar-refractivity contribution < 1.29 is 45.0 Å². The molecule has 0 radical (unpaired) electrons. The van der Waals surface area contributed by atoms with Crippen molar-refractivity contribution in [1.29, 1.82) is 0 Å². The maximum Gasteiger partial charge on any atom is 0.422 e. The first-order chi connectivity index (χ1) is 14.5. The molecule has 0 atom stereocenters. The third kappa shape index (κ3) is 4.47. The summed E-state index contributed by atoms with van der Waals surface area (Å²) in [5, 5.41) is -0.947. The summed E-state index contributed by atoms with van der Waals surface area (Å²) in [5.74, 6) is -8.38. The molecule has 0 saturated carbocycles. The molecule has 162 valence electrons. The van der Waals surface area contributed by atoms with Crippen LogP contribution in [-0.4, -0.2) is 12.6 Å². The average Bonchev–Trinajstić information content (AvgIpc) is 2.64. The zero-order valence-electron chi connectivity index (χ0n) is 15.3. The molecule has 0 fully saturated rings. The van der Waals surface area contributed by atoms with Crippen LogP contribution in [0.5, 0.6) is 11.5 Å². The molecular weight excluding hydrogens is 433 g/mol. The van der Waals surface area contributed by atoms with Gasteiger partial charge in [-0.15, -0.1) is 0 Å². The number of carbonyl (C=O) groups excluding carboxylic acids is 1. The Morgan fingerprint density at radius 1 is 0.935 bits per heavy atom. The maximum absolute atomic E-state index is 14.2. The predicted molar refractivity (Wildman–Crippen MR) is 95.9 cm³/mol. The molecule has 0 unspecified atom stereocenters. The smallest absolute Gasteiger partial charge is 0.422 e. The quantitative estimate of drug-likeness (QED) is 0.204. The van der Waals surface area contributed by atoms with Crippen molar-refractivity contribution in [3.05, 3.63) is 83.4 Å². The monoisotopic (exact) mass is 444 g/mol. The number of hydrogen-bond acceptors (Lipinski definition) is 3. The number of carbonyl (C=O) groups is 1. The number of benzene rings is 3. The number of hydrogen-bond donors (Lipinski definition) is 0. The van der Waals surface area contributed by atoms with E-state index in [-0.39, 0.29) is 17.7 Å². The molecule has 0 bridgehead atoms. The molecule has 0 aliphatic carbocycles. The molecular formula is C21H11F7O3. The van der Waals surface area contributed by atoms with E-state index >= 15 is 0 Å². The summed E-state index contributed by atoms with van der Waals surface area (Å²) in [7, 11) is 0. The van der Waals surface area contributed by atoms with Crippen LogP contribution in [0, 0.1) is 23.3 Å². The van der Waals surface area contributed by atoms with E-state index in [1.165, 1.54) is 6.08 Å². The van der Waals surface area contributed by atoms with Crippen LogP contribution in [0.2, 0.25) is 0 Å². The summed E-state index contributed by atoms with van der Waals surface area (Å²) < 4.78 is 104. The molecule has 0 spiro atoms. The molecule has 10 heteroatoms. The van der Waals surface area contributed by atoms with Gasteiger partial charge in [0.2, 0.25) is 0 Å². The van der Waals surface area contributed by atoms with E-state index in [1.807, 2.05) is 0 Å². The van der Waals surface area contributed by atoms with Crippen molar-refractivity contribution in [3.63, 3.8) is 0 Å². The first-order valence-corrected chi connectivity index (χ1v) is 8.46. The number of fused-ring (bicyclic) bond motifs is 1. The molecule has 0 N–H and O–H groups in total. The Labute approximate surface area is 170 Å². The van der Waals surface area contributed by atoms with E-state index in [2.05, 4.69) is 6.58 Å². The van der Waals surface area contributed by atoms with Crippen LogP contribution in [0.1, 0.15) is 15.9 Å². The minimum Gasteiger partial charge on any atom is -0.489 e. The Hall–Kier alpha value is -3.56. The van der Waals surface area contributed by atoms with E-state index in [0.717, 1.165) is 30.3 Å². The highest BCUT2D eigenvalue weighted by Gasteiger charge is 2.38. The summed E-state index contributed by atoms with van der Waals surface area (Å²) in [6.07, 6.45) is -3.93. The molecule has 3 aromatic rings. The van der Waals surface area contributed by atoms with Crippen molar-refractivity contribution >= 4 is 16.7 Å². The third-order valence-electron chi connectivity index (χ3n) is 4.08. The number of rotatable bonds is 5. The fourth-order valence-corrected chi connectivity index (χ4v) is 2.77. The van der Waals surface area contributed by atoms with Crippen LogP contribution in [0.3, 0.4) is 0 Å². The molecule has 0 heterocycles. The molecule has 3 nitrogen and oxygen atoms in total. The summed E-state index contributed by atoms with van der Waals surface area (Å²) in [4.78, 5) is 12.2. The van der Waals surface area contributed by atoms with Gasteiger partial charge in [0.1, 0.15) is 52.5 Å². The lowest BCUT2D eigenvalue weighted by molar-refractivity contribution is -0.142. The van der Waals surface area contributed by atoms with Gasteiger partial charge in [0.15, 0.2) is 0 Å². The molecule has 3 rings (SSSR count). The Morgan fingerprint density at radius 3 is 2.16 bits per heavy atom. The van der Waals surface area contributed by atoms with Gasteiger partial charge in [-0.3, -0.25) is 0 Å². The number of ether oxygens (including phenoxy) is 2. The second-order valence-corrected chi connectivity index (χ2v) is 6.18. The molecule has 0 saturated heterocycles. The van der Waals surface area contributed by atoms with Gasteiger partial charge in [0, 0.05) is 17.5 Å². The van der Waals surface area contributed by atoms with Crippen molar-refractivity contribution in [2.45, 2.75) is 6.18 Å². The van der Waals surface area contributed by atoms with Gasteiger partial charge in [-0.1, -0.05) is 12.7 Å². The normalized spacial score (nSPS) is 11.5. The van der Waals surface area contributed by atoms with Gasteiger partial charge in [-0.25, -0.2) is 22.4 Å². The van der Waals surface area contributed by atoms with Gasteiger partial charge < -0.3 is 9.47 Å². The van der Waals surface area contributed by atoms with Crippen molar-refractivity contribution in [1.82, 2.24) is 0 Å². The van der Waals surface area contributed by atoms with Gasteiger partial charge in [0.25, 0.3) is 0 Å². The summed E-state index contributed by atoms with van der Waals surface area (Å²) in [6.45, 7) is 3.33. The fourth-order valence-electron chi connectivity index (χ4n) is 2.77. The second-order valence-electron chi connectivity index (χ2n) is 6.18. The molecule has 0 amide bonds. The van der Waals surface area contributed by atoms with Gasteiger partial charge >= 0.3 is 12.1 Å². The highest BCUT2D eigenvalue weighted by Crippen LogP contribution is 2.37. The van der Waals surface area contributed by atoms with E-state index in [4.69, 9.17) is 9.47 Å². The number of alkyl halides is 3. The van der Waals surface area contributed by atoms with Crippen molar-refractivity contribution in [3.8, 4) is 11.5 Å². The third-order valence-corrected chi connectivity index (χ3v) is 4.08. The average molecular weight is 444 g/mol. The highest BCUT2D eigenvalue weighted by molar-refractivity contribution is 5.93. The van der Waals surface area contributed by atoms with Crippen LogP contribution in [-0.2, 0) is 6.18 Å². The molecule has 3 aromatic carbocycles. The topological polar surface area (TPSA) is 35.5 Å². The van der Waals surface area contributed by atoms with Crippen LogP contribution in [0.15, 0.2) is 49.1 Å². The summed E-state index contributed by atoms with van der Waals surface area (Å²) in [6, 6.07) is 4.47. The van der Waals surface area contributed by atoms with Crippen LogP contribution < -0.4 is 9.47 Å². The minimum absolute atomic E-state index is 0.0388. The Kier molecular flexibility index (Phi) is 5.92. The number of esters is 1. The lowest BCUT2D eigenvalue weighted by Gasteiger charge is -2.12. The summed E-state index contributed by atoms with van der Waals surface area (Å²) >= 11 is 0. The van der Waals surface area contributed by atoms with Gasteiger partial charge in [-0.2, -0.15) is 13.2 Å². The van der Waals surface area contributed by atoms with E-state index in [1.54, 1.807) is 0 Å². The van der Waals surface area contributed by atoms with Gasteiger partial charge in [0.05, 0.1) is 0 Å². The maximum atomic E-state index is 14.2. The van der Waals surface area contributed by atoms with Crippen molar-refractivity contribution in [2.75, 3.05) is 6.61 Å². The van der Waals surface area contributed by atoms with Crippen LogP contribution in [0.4, 0.5) is 30.7 Å². The lowest BCUT2D eigenvalue weighted by Crippen LogP contribution is -2.14. The highest BCUT2D eigenvalue weighted by atomic mass is 19.4. The summed E-state index contributed by atoms with van der Waals surface area (Å²) in [5.41, 5.74) is -3.12. The van der Waals surface area contributed by atoms with E-state index < -0.39 is 57.7 Å². The standard InChI is InChI=1S/C21H11F7O3/c1-2-5-30-12-8-14(22)17(15(23)9-12)20(29)31-11-3-4-13-10(6-11)7-16(24)18(19(13)25)21(26,27)28/h2-4,6-9H,1,5H2. The predicted octanol–water partition coefficient (Wildman–Crippen LogP) is 6.20. The Bertz CT molecular complexity index is 1160. The van der Waals surface area contributed by atoms with E-state index in [0.29, 0.717) is 6.07 Å². The van der Waals surface area contributed by atoms with Gasteiger partial charge in [-0.05, 0) is 29.7 Å². The van der Waals surface area contributed by atoms with Crippen molar-refractivity contribution in [2.24, 2.45) is 0 Å². The largest absolute Gasteiger partial charge is 0.489 e. The van der Waals surface area contributed by atoms with Crippen LogP contribution in [0.25, 0.3) is 10.8 Å². The molecule has 31 heavy (non-hydrogen) atoms. The molecule has 0 aliphatic heterocycles. The first-order valence-electron chi connectivity index (χ1n) is 8.46. The first kappa shape index (κ1) is 22.1. The SMILES string of the molecule is C=CCOc1cc(F)c(C(=O)Oc2ccc3c(F)c(C(F)(F)F)c(F)cc3c2)c(F)c1. The Morgan fingerprint density at radius 2 is 1.58 bits per heavy atom. The number of halogens is 7. The van der Waals surface area contributed by atoms with Crippen LogP contribution >= 0.6 is 0 Å². The Balaban J connectivity index is 1.94. The zero-order valence-corrected chi connectivity index (χ0v) is 15.3. The van der Waals surface area contributed by atoms with E-state index in [9.17, 15) is 35.5 Å².